The van der Waals surface area contributed by atoms with Gasteiger partial charge in [0.25, 0.3) is 0 Å². The summed E-state index contributed by atoms with van der Waals surface area (Å²) in [5.41, 5.74) is 0. The monoisotopic (exact) mass is 279 g/mol. The second-order valence-corrected chi connectivity index (χ2v) is 7.26. The maximum atomic E-state index is 3.83. The summed E-state index contributed by atoms with van der Waals surface area (Å²) >= 11 is 0. The van der Waals surface area contributed by atoms with Crippen LogP contribution in [0.3, 0.4) is 0 Å². The summed E-state index contributed by atoms with van der Waals surface area (Å²) < 4.78 is 0. The summed E-state index contributed by atoms with van der Waals surface area (Å²) in [6.45, 7) is 12.3. The molecule has 0 aromatic carbocycles. The maximum Gasteiger partial charge on any atom is 0.0267 e. The smallest absolute Gasteiger partial charge is 0.0267 e. The molecule has 3 aliphatic heterocycles. The quantitative estimate of drug-likeness (QED) is 0.852. The van der Waals surface area contributed by atoms with Crippen LogP contribution in [0.25, 0.3) is 0 Å². The number of fused-ring (bicyclic) bond motifs is 1. The fraction of sp³-hybridized carbons (Fsp3) is 1.00. The average molecular weight is 279 g/mol. The van der Waals surface area contributed by atoms with E-state index in [0.29, 0.717) is 6.04 Å². The first kappa shape index (κ1) is 14.8. The molecule has 5 atom stereocenters. The minimum atomic E-state index is 0.707. The highest BCUT2D eigenvalue weighted by molar-refractivity contribution is 5.01. The van der Waals surface area contributed by atoms with Crippen LogP contribution in [-0.4, -0.2) is 60.1 Å². The van der Waals surface area contributed by atoms with E-state index >= 15 is 0 Å². The van der Waals surface area contributed by atoms with Crippen LogP contribution in [0.4, 0.5) is 0 Å². The minimum Gasteiger partial charge on any atom is -0.311 e. The van der Waals surface area contributed by atoms with Gasteiger partial charge in [-0.1, -0.05) is 27.2 Å². The van der Waals surface area contributed by atoms with Crippen LogP contribution >= 0.6 is 0 Å². The Labute approximate surface area is 125 Å². The highest BCUT2D eigenvalue weighted by Crippen LogP contribution is 2.34. The summed E-state index contributed by atoms with van der Waals surface area (Å²) in [4.78, 5) is 5.67. The van der Waals surface area contributed by atoms with Crippen LogP contribution in [0.5, 0.6) is 0 Å². The molecule has 1 N–H and O–H groups in total. The molecule has 0 bridgehead atoms. The molecule has 20 heavy (non-hydrogen) atoms. The number of rotatable bonds is 4. The molecule has 5 unspecified atom stereocenters. The van der Waals surface area contributed by atoms with Crippen molar-refractivity contribution < 1.29 is 0 Å². The zero-order valence-corrected chi connectivity index (χ0v) is 13.6. The maximum absolute atomic E-state index is 3.83. The summed E-state index contributed by atoms with van der Waals surface area (Å²) in [6.07, 6.45) is 6.87. The fourth-order valence-electron chi connectivity index (χ4n) is 4.74. The van der Waals surface area contributed by atoms with Crippen LogP contribution in [-0.2, 0) is 0 Å². The van der Waals surface area contributed by atoms with Crippen molar-refractivity contribution in [1.29, 1.82) is 0 Å². The van der Waals surface area contributed by atoms with Crippen molar-refractivity contribution in [3.05, 3.63) is 0 Å². The van der Waals surface area contributed by atoms with Crippen LogP contribution in [0.2, 0.25) is 0 Å². The van der Waals surface area contributed by atoms with Gasteiger partial charge in [-0.3, -0.25) is 9.80 Å². The third-order valence-corrected chi connectivity index (χ3v) is 6.29. The molecule has 0 radical (unpaired) electrons. The van der Waals surface area contributed by atoms with Gasteiger partial charge in [0, 0.05) is 43.8 Å². The van der Waals surface area contributed by atoms with Gasteiger partial charge in [-0.2, -0.15) is 0 Å². The zero-order valence-electron chi connectivity index (χ0n) is 13.6. The van der Waals surface area contributed by atoms with E-state index in [0.717, 1.165) is 24.0 Å². The number of piperazine rings is 1. The molecule has 0 aliphatic carbocycles. The lowest BCUT2D eigenvalue weighted by Gasteiger charge is -2.46. The van der Waals surface area contributed by atoms with E-state index in [1.807, 2.05) is 0 Å². The van der Waals surface area contributed by atoms with E-state index < -0.39 is 0 Å². The summed E-state index contributed by atoms with van der Waals surface area (Å²) in [5.74, 6) is 0.802. The molecule has 3 nitrogen and oxygen atoms in total. The van der Waals surface area contributed by atoms with Crippen molar-refractivity contribution in [2.45, 2.75) is 77.0 Å². The summed E-state index contributed by atoms with van der Waals surface area (Å²) in [5, 5.41) is 3.83. The second kappa shape index (κ2) is 6.33. The number of nitrogens with zero attached hydrogens (tertiary/aromatic N) is 2. The molecule has 3 heterocycles. The Morgan fingerprint density at radius 1 is 1.15 bits per heavy atom. The van der Waals surface area contributed by atoms with Gasteiger partial charge in [0.05, 0.1) is 0 Å². The van der Waals surface area contributed by atoms with Gasteiger partial charge in [0.1, 0.15) is 0 Å². The highest BCUT2D eigenvalue weighted by atomic mass is 15.3. The van der Waals surface area contributed by atoms with Crippen LogP contribution in [0, 0.1) is 5.92 Å². The predicted molar refractivity (Wildman–Crippen MR) is 85.0 cm³/mol. The topological polar surface area (TPSA) is 18.5 Å². The molecule has 3 aliphatic rings. The highest BCUT2D eigenvalue weighted by Gasteiger charge is 2.43. The molecule has 3 rings (SSSR count). The molecular weight excluding hydrogens is 246 g/mol. The molecule has 116 valence electrons. The predicted octanol–water partition coefficient (Wildman–Crippen LogP) is 2.32. The van der Waals surface area contributed by atoms with E-state index in [4.69, 9.17) is 0 Å². The summed E-state index contributed by atoms with van der Waals surface area (Å²) in [7, 11) is 0. The third-order valence-electron chi connectivity index (χ3n) is 6.29. The van der Waals surface area contributed by atoms with Crippen molar-refractivity contribution in [2.75, 3.05) is 26.2 Å². The van der Waals surface area contributed by atoms with E-state index in [2.05, 4.69) is 35.9 Å². The van der Waals surface area contributed by atoms with Crippen LogP contribution in [0.1, 0.15) is 52.9 Å². The molecule has 3 fully saturated rings. The molecular formula is C17H33N3. The number of nitrogens with one attached hydrogen (secondary N) is 1. The standard InChI is InChI=1S/C17H33N3/c1-4-13(3)15-12-20(14(5-2)11-18-15)17-8-10-19-9-6-7-16(17)19/h13-18H,4-12H2,1-3H3. The first-order valence-electron chi connectivity index (χ1n) is 8.97. The van der Waals surface area contributed by atoms with Crippen molar-refractivity contribution in [1.82, 2.24) is 15.1 Å². The van der Waals surface area contributed by atoms with E-state index in [9.17, 15) is 0 Å². The van der Waals surface area contributed by atoms with E-state index in [-0.39, 0.29) is 0 Å². The van der Waals surface area contributed by atoms with Gasteiger partial charge >= 0.3 is 0 Å². The van der Waals surface area contributed by atoms with Gasteiger partial charge in [-0.15, -0.1) is 0 Å². The van der Waals surface area contributed by atoms with Crippen LogP contribution in [0.15, 0.2) is 0 Å². The zero-order chi connectivity index (χ0) is 14.1. The number of hydrogen-bond acceptors (Lipinski definition) is 3. The first-order chi connectivity index (χ1) is 9.74. The Morgan fingerprint density at radius 2 is 2.00 bits per heavy atom. The van der Waals surface area contributed by atoms with Crippen molar-refractivity contribution in [2.24, 2.45) is 5.92 Å². The van der Waals surface area contributed by atoms with Gasteiger partial charge < -0.3 is 5.32 Å². The molecule has 3 heteroatoms. The molecule has 0 aromatic rings. The molecule has 0 amide bonds. The van der Waals surface area contributed by atoms with Gasteiger partial charge in [0.15, 0.2) is 0 Å². The normalized spacial score (nSPS) is 41.0. The first-order valence-corrected chi connectivity index (χ1v) is 8.97. The average Bonchev–Trinajstić information content (AvgIpc) is 3.08. The number of hydrogen-bond donors (Lipinski definition) is 1. The fourth-order valence-corrected chi connectivity index (χ4v) is 4.74. The lowest BCUT2D eigenvalue weighted by molar-refractivity contribution is 0.0516. The van der Waals surface area contributed by atoms with Gasteiger partial charge in [0.2, 0.25) is 0 Å². The molecule has 0 spiro atoms. The Balaban J connectivity index is 1.70. The molecule has 0 saturated carbocycles. The lowest BCUT2D eigenvalue weighted by atomic mass is 9.92. The second-order valence-electron chi connectivity index (χ2n) is 7.26. The summed E-state index contributed by atoms with van der Waals surface area (Å²) in [6, 6.07) is 3.19. The Hall–Kier alpha value is -0.120. The molecule has 3 saturated heterocycles. The SMILES string of the molecule is CCC(C)C1CN(C2CCN3CCCC23)C(CC)CN1. The van der Waals surface area contributed by atoms with Crippen molar-refractivity contribution >= 4 is 0 Å². The third kappa shape index (κ3) is 2.65. The Morgan fingerprint density at radius 3 is 2.75 bits per heavy atom. The van der Waals surface area contributed by atoms with Crippen LogP contribution < -0.4 is 5.32 Å². The Bertz CT molecular complexity index is 319. The Kier molecular flexibility index (Phi) is 4.68. The van der Waals surface area contributed by atoms with Crippen molar-refractivity contribution in [3.63, 3.8) is 0 Å². The van der Waals surface area contributed by atoms with Gasteiger partial charge in [-0.25, -0.2) is 0 Å². The van der Waals surface area contributed by atoms with E-state index in [1.54, 1.807) is 0 Å². The largest absolute Gasteiger partial charge is 0.311 e. The molecule has 0 aromatic heterocycles. The minimum absolute atomic E-state index is 0.707. The van der Waals surface area contributed by atoms with E-state index in [1.165, 1.54) is 58.3 Å². The van der Waals surface area contributed by atoms with Gasteiger partial charge in [-0.05, 0) is 38.1 Å². The van der Waals surface area contributed by atoms with Crippen molar-refractivity contribution in [3.8, 4) is 0 Å². The lowest BCUT2D eigenvalue weighted by Crippen LogP contribution is -2.62.